The molecule has 0 saturated heterocycles. The Kier molecular flexibility index (Phi) is 4.36. The zero-order valence-corrected chi connectivity index (χ0v) is 12.1. The van der Waals surface area contributed by atoms with Gasteiger partial charge in [-0.2, -0.15) is 9.97 Å². The second-order valence-corrected chi connectivity index (χ2v) is 4.61. The third-order valence-electron chi connectivity index (χ3n) is 2.87. The number of aromatic nitrogens is 3. The Hall–Kier alpha value is -1.92. The molecule has 20 heavy (non-hydrogen) atoms. The number of nitrogens with two attached hydrogens (primary N) is 1. The Balaban J connectivity index is 2.59. The Morgan fingerprint density at radius 3 is 2.45 bits per heavy atom. The zero-order valence-electron chi connectivity index (χ0n) is 11.4. The number of hydrazine groups is 1. The summed E-state index contributed by atoms with van der Waals surface area (Å²) in [5.41, 5.74) is 0.279. The van der Waals surface area contributed by atoms with E-state index >= 15 is 0 Å². The van der Waals surface area contributed by atoms with Gasteiger partial charge in [0.15, 0.2) is 0 Å². The summed E-state index contributed by atoms with van der Waals surface area (Å²) in [7, 11) is 0. The average Bonchev–Trinajstić information content (AvgIpc) is 2.46. The lowest BCUT2D eigenvalue weighted by molar-refractivity contribution is 0.732. The first-order chi connectivity index (χ1) is 9.56. The minimum absolute atomic E-state index is 0.236. The maximum Gasteiger partial charge on any atom is 0.356 e. The molecular formula is C13H16ClN5O. The normalized spacial score (nSPS) is 10.6. The van der Waals surface area contributed by atoms with Crippen molar-refractivity contribution in [1.29, 1.82) is 0 Å². The van der Waals surface area contributed by atoms with E-state index in [4.69, 9.17) is 17.4 Å². The minimum atomic E-state index is -0.405. The van der Waals surface area contributed by atoms with Gasteiger partial charge in [-0.25, -0.2) is 15.2 Å². The molecule has 0 amide bonds. The fourth-order valence-corrected chi connectivity index (χ4v) is 1.92. The maximum atomic E-state index is 12.2. The second-order valence-electron chi connectivity index (χ2n) is 4.17. The molecule has 0 bridgehead atoms. The van der Waals surface area contributed by atoms with Gasteiger partial charge in [-0.05, 0) is 31.2 Å². The molecule has 7 heteroatoms. The highest BCUT2D eigenvalue weighted by Gasteiger charge is 2.12. The molecule has 1 heterocycles. The van der Waals surface area contributed by atoms with Crippen molar-refractivity contribution in [2.24, 2.45) is 5.84 Å². The van der Waals surface area contributed by atoms with Crippen molar-refractivity contribution in [3.05, 3.63) is 45.6 Å². The first-order valence-corrected chi connectivity index (χ1v) is 6.72. The van der Waals surface area contributed by atoms with Gasteiger partial charge in [-0.1, -0.05) is 18.5 Å². The maximum absolute atomic E-state index is 12.2. The number of aryl methyl sites for hydroxylation is 1. The van der Waals surface area contributed by atoms with E-state index in [0.717, 1.165) is 0 Å². The Labute approximate surface area is 121 Å². The fourth-order valence-electron chi connectivity index (χ4n) is 1.79. The van der Waals surface area contributed by atoms with Gasteiger partial charge < -0.3 is 0 Å². The summed E-state index contributed by atoms with van der Waals surface area (Å²) in [6.45, 7) is 4.30. The van der Waals surface area contributed by atoms with E-state index in [0.29, 0.717) is 29.5 Å². The number of rotatable bonds is 4. The third kappa shape index (κ3) is 2.81. The van der Waals surface area contributed by atoms with Gasteiger partial charge >= 0.3 is 5.69 Å². The summed E-state index contributed by atoms with van der Waals surface area (Å²) in [4.78, 5) is 20.5. The second kappa shape index (κ2) is 6.02. The van der Waals surface area contributed by atoms with Gasteiger partial charge in [0.25, 0.3) is 0 Å². The van der Waals surface area contributed by atoms with Crippen LogP contribution < -0.4 is 16.5 Å². The number of halogens is 1. The largest absolute Gasteiger partial charge is 0.356 e. The van der Waals surface area contributed by atoms with Crippen LogP contribution in [0, 0.1) is 0 Å². The van der Waals surface area contributed by atoms with Crippen LogP contribution in [-0.2, 0) is 6.42 Å². The molecule has 0 spiro atoms. The molecule has 1 aromatic carbocycles. The molecule has 6 nitrogen and oxygen atoms in total. The first-order valence-electron chi connectivity index (χ1n) is 6.35. The monoisotopic (exact) mass is 293 g/mol. The topological polar surface area (TPSA) is 77.0 Å². The molecule has 0 atom stereocenters. The van der Waals surface area contributed by atoms with Gasteiger partial charge in [-0.15, -0.1) is 0 Å². The van der Waals surface area contributed by atoms with Crippen molar-refractivity contribution >= 4 is 17.5 Å². The average molecular weight is 294 g/mol. The number of hydrogen-bond acceptors (Lipinski definition) is 5. The highest BCUT2D eigenvalue weighted by molar-refractivity contribution is 6.30. The molecule has 1 aromatic heterocycles. The lowest BCUT2D eigenvalue weighted by atomic mass is 10.3. The molecule has 0 aliphatic carbocycles. The summed E-state index contributed by atoms with van der Waals surface area (Å²) in [6, 6.07) is 6.95. The molecule has 2 N–H and O–H groups in total. The molecule has 0 aliphatic heterocycles. The van der Waals surface area contributed by atoms with Crippen molar-refractivity contribution in [1.82, 2.24) is 14.5 Å². The van der Waals surface area contributed by atoms with E-state index in [1.807, 2.05) is 13.8 Å². The molecule has 0 fully saturated rings. The van der Waals surface area contributed by atoms with Crippen LogP contribution in [0.2, 0.25) is 5.02 Å². The van der Waals surface area contributed by atoms with Crippen molar-refractivity contribution < 1.29 is 0 Å². The SMILES string of the molecule is CCc1nc(N(N)CC)nc(=O)n1-c1ccc(Cl)cc1. The van der Waals surface area contributed by atoms with Crippen LogP contribution >= 0.6 is 11.6 Å². The van der Waals surface area contributed by atoms with Crippen LogP contribution in [0.15, 0.2) is 29.1 Å². The van der Waals surface area contributed by atoms with Gasteiger partial charge in [0.2, 0.25) is 5.95 Å². The smallest absolute Gasteiger partial charge is 0.279 e. The highest BCUT2D eigenvalue weighted by atomic mass is 35.5. The molecule has 106 valence electrons. The Morgan fingerprint density at radius 1 is 1.25 bits per heavy atom. The van der Waals surface area contributed by atoms with Gasteiger partial charge in [0.1, 0.15) is 5.82 Å². The molecule has 0 aliphatic rings. The molecule has 0 saturated carbocycles. The highest BCUT2D eigenvalue weighted by Crippen LogP contribution is 2.14. The van der Waals surface area contributed by atoms with Crippen molar-refractivity contribution in [2.75, 3.05) is 11.6 Å². The van der Waals surface area contributed by atoms with Crippen LogP contribution in [-0.4, -0.2) is 21.1 Å². The van der Waals surface area contributed by atoms with E-state index in [9.17, 15) is 4.79 Å². The lowest BCUT2D eigenvalue weighted by Gasteiger charge is -2.16. The molecule has 0 unspecified atom stereocenters. The predicted molar refractivity (Wildman–Crippen MR) is 79.2 cm³/mol. The quantitative estimate of drug-likeness (QED) is 0.683. The van der Waals surface area contributed by atoms with Crippen molar-refractivity contribution in [3.8, 4) is 5.69 Å². The van der Waals surface area contributed by atoms with Crippen LogP contribution in [0.25, 0.3) is 5.69 Å². The van der Waals surface area contributed by atoms with Gasteiger partial charge in [0.05, 0.1) is 5.69 Å². The van der Waals surface area contributed by atoms with E-state index in [2.05, 4.69) is 9.97 Å². The van der Waals surface area contributed by atoms with E-state index < -0.39 is 5.69 Å². The van der Waals surface area contributed by atoms with Crippen LogP contribution in [0.1, 0.15) is 19.7 Å². The summed E-state index contributed by atoms with van der Waals surface area (Å²) in [5, 5.41) is 1.95. The van der Waals surface area contributed by atoms with E-state index in [1.165, 1.54) is 9.58 Å². The zero-order chi connectivity index (χ0) is 14.7. The summed E-state index contributed by atoms with van der Waals surface area (Å²) in [5.74, 6) is 6.58. The van der Waals surface area contributed by atoms with Gasteiger partial charge in [-0.3, -0.25) is 5.01 Å². The van der Waals surface area contributed by atoms with Gasteiger partial charge in [0, 0.05) is 18.0 Å². The molecular weight excluding hydrogens is 278 g/mol. The molecule has 0 radical (unpaired) electrons. The lowest BCUT2D eigenvalue weighted by Crippen LogP contribution is -2.36. The van der Waals surface area contributed by atoms with Crippen LogP contribution in [0.3, 0.4) is 0 Å². The number of nitrogens with zero attached hydrogens (tertiary/aromatic N) is 4. The Bertz CT molecular complexity index is 653. The molecule has 2 aromatic rings. The molecule has 2 rings (SSSR count). The number of benzene rings is 1. The summed E-state index contributed by atoms with van der Waals surface area (Å²) < 4.78 is 1.46. The predicted octanol–water partition coefficient (Wildman–Crippen LogP) is 1.54. The standard InChI is InChI=1S/C13H16ClN5O/c1-3-11-16-12(18(15)4-2)17-13(20)19(11)10-7-5-9(14)6-8-10/h5-8H,3-4,15H2,1-2H3. The number of hydrogen-bond donors (Lipinski definition) is 1. The van der Waals surface area contributed by atoms with E-state index in [-0.39, 0.29) is 5.95 Å². The van der Waals surface area contributed by atoms with Crippen molar-refractivity contribution in [3.63, 3.8) is 0 Å². The van der Waals surface area contributed by atoms with Crippen LogP contribution in [0.4, 0.5) is 5.95 Å². The summed E-state index contributed by atoms with van der Waals surface area (Å²) in [6.07, 6.45) is 0.588. The number of anilines is 1. The van der Waals surface area contributed by atoms with Crippen molar-refractivity contribution in [2.45, 2.75) is 20.3 Å². The first kappa shape index (κ1) is 14.5. The van der Waals surface area contributed by atoms with E-state index in [1.54, 1.807) is 24.3 Å². The Morgan fingerprint density at radius 2 is 1.90 bits per heavy atom. The third-order valence-corrected chi connectivity index (χ3v) is 3.12. The minimum Gasteiger partial charge on any atom is -0.279 e. The fraction of sp³-hybridized carbons (Fsp3) is 0.308. The van der Waals surface area contributed by atoms with Crippen LogP contribution in [0.5, 0.6) is 0 Å². The summed E-state index contributed by atoms with van der Waals surface area (Å²) >= 11 is 5.86.